The molecule has 0 amide bonds. The third-order valence-corrected chi connectivity index (χ3v) is 4.18. The van der Waals surface area contributed by atoms with Gasteiger partial charge in [0.2, 0.25) is 5.78 Å². The van der Waals surface area contributed by atoms with E-state index >= 15 is 0 Å². The summed E-state index contributed by atoms with van der Waals surface area (Å²) in [6, 6.07) is 6.40. The number of aromatic nitrogens is 1. The minimum atomic E-state index is -0.331. The molecule has 0 bridgehead atoms. The number of hydrogen-bond donors (Lipinski definition) is 1. The standard InChI is InChI=1S/C15H12FNOS/c1-2-9-5-6-19-15(9)14(18)12-8-17-13-4-3-10(16)7-11(12)13/h3-8,17H,2H2,1H3. The fourth-order valence-electron chi connectivity index (χ4n) is 2.22. The monoisotopic (exact) mass is 273 g/mol. The molecule has 19 heavy (non-hydrogen) atoms. The van der Waals surface area contributed by atoms with Crippen LogP contribution in [0.2, 0.25) is 0 Å². The van der Waals surface area contributed by atoms with Gasteiger partial charge in [0.15, 0.2) is 0 Å². The Morgan fingerprint density at radius 3 is 3.00 bits per heavy atom. The Kier molecular flexibility index (Phi) is 2.95. The van der Waals surface area contributed by atoms with Crippen molar-refractivity contribution < 1.29 is 9.18 Å². The molecule has 2 aromatic heterocycles. The lowest BCUT2D eigenvalue weighted by molar-refractivity contribution is 0.104. The Hall–Kier alpha value is -1.94. The van der Waals surface area contributed by atoms with E-state index < -0.39 is 0 Å². The van der Waals surface area contributed by atoms with E-state index in [2.05, 4.69) is 4.98 Å². The molecule has 3 aromatic rings. The Balaban J connectivity index is 2.14. The second kappa shape index (κ2) is 4.63. The molecule has 0 aliphatic rings. The van der Waals surface area contributed by atoms with E-state index in [4.69, 9.17) is 0 Å². The second-order valence-corrected chi connectivity index (χ2v) is 5.27. The lowest BCUT2D eigenvalue weighted by atomic mass is 10.0. The zero-order chi connectivity index (χ0) is 13.4. The number of H-pyrrole nitrogens is 1. The molecule has 0 saturated carbocycles. The fraction of sp³-hybridized carbons (Fsp3) is 0.133. The number of carbonyl (C=O) groups excluding carboxylic acids is 1. The van der Waals surface area contributed by atoms with Gasteiger partial charge in [-0.15, -0.1) is 11.3 Å². The van der Waals surface area contributed by atoms with E-state index in [1.165, 1.54) is 23.5 Å². The number of benzene rings is 1. The van der Waals surface area contributed by atoms with Crippen molar-refractivity contribution in [3.05, 3.63) is 57.7 Å². The van der Waals surface area contributed by atoms with Crippen molar-refractivity contribution in [2.24, 2.45) is 0 Å². The molecule has 0 saturated heterocycles. The minimum Gasteiger partial charge on any atom is -0.360 e. The molecule has 0 fully saturated rings. The van der Waals surface area contributed by atoms with Crippen LogP contribution in [-0.4, -0.2) is 10.8 Å². The van der Waals surface area contributed by atoms with Crippen LogP contribution in [0.4, 0.5) is 4.39 Å². The Morgan fingerprint density at radius 1 is 1.37 bits per heavy atom. The predicted molar refractivity (Wildman–Crippen MR) is 75.4 cm³/mol. The summed E-state index contributed by atoms with van der Waals surface area (Å²) in [5, 5.41) is 2.56. The van der Waals surface area contributed by atoms with E-state index in [1.54, 1.807) is 12.3 Å². The number of hydrogen-bond acceptors (Lipinski definition) is 2. The molecular weight excluding hydrogens is 261 g/mol. The molecule has 0 unspecified atom stereocenters. The summed E-state index contributed by atoms with van der Waals surface area (Å²) < 4.78 is 13.3. The summed E-state index contributed by atoms with van der Waals surface area (Å²) in [5.74, 6) is -0.369. The number of halogens is 1. The van der Waals surface area contributed by atoms with E-state index in [0.717, 1.165) is 22.4 Å². The molecule has 2 heterocycles. The van der Waals surface area contributed by atoms with Crippen LogP contribution in [0.1, 0.15) is 27.7 Å². The van der Waals surface area contributed by atoms with Crippen LogP contribution in [0.5, 0.6) is 0 Å². The van der Waals surface area contributed by atoms with Crippen LogP contribution >= 0.6 is 11.3 Å². The van der Waals surface area contributed by atoms with Gasteiger partial charge in [-0.3, -0.25) is 4.79 Å². The van der Waals surface area contributed by atoms with Crippen molar-refractivity contribution in [1.29, 1.82) is 0 Å². The van der Waals surface area contributed by atoms with E-state index in [1.807, 2.05) is 18.4 Å². The maximum absolute atomic E-state index is 13.3. The molecular formula is C15H12FNOS. The van der Waals surface area contributed by atoms with Crippen molar-refractivity contribution in [1.82, 2.24) is 4.98 Å². The number of fused-ring (bicyclic) bond motifs is 1. The molecule has 3 rings (SSSR count). The molecule has 96 valence electrons. The fourth-order valence-corrected chi connectivity index (χ4v) is 3.17. The Morgan fingerprint density at radius 2 is 2.21 bits per heavy atom. The number of ketones is 1. The number of nitrogens with one attached hydrogen (secondary N) is 1. The average Bonchev–Trinajstić information content (AvgIpc) is 3.03. The molecule has 0 aliphatic carbocycles. The Bertz CT molecular complexity index is 756. The van der Waals surface area contributed by atoms with Crippen molar-refractivity contribution in [2.45, 2.75) is 13.3 Å². The molecule has 1 N–H and O–H groups in total. The first-order valence-corrected chi connectivity index (χ1v) is 6.96. The van der Waals surface area contributed by atoms with Gasteiger partial charge in [-0.2, -0.15) is 0 Å². The molecule has 4 heteroatoms. The highest BCUT2D eigenvalue weighted by atomic mass is 32.1. The predicted octanol–water partition coefficient (Wildman–Crippen LogP) is 4.16. The van der Waals surface area contributed by atoms with Gasteiger partial charge < -0.3 is 4.98 Å². The van der Waals surface area contributed by atoms with Crippen molar-refractivity contribution in [3.63, 3.8) is 0 Å². The summed E-state index contributed by atoms with van der Waals surface area (Å²) >= 11 is 1.44. The van der Waals surface area contributed by atoms with Crippen LogP contribution in [0.25, 0.3) is 10.9 Å². The number of aryl methyl sites for hydroxylation is 1. The second-order valence-electron chi connectivity index (χ2n) is 4.35. The summed E-state index contributed by atoms with van der Waals surface area (Å²) in [6.07, 6.45) is 2.48. The van der Waals surface area contributed by atoms with E-state index in [0.29, 0.717) is 10.9 Å². The highest BCUT2D eigenvalue weighted by Crippen LogP contribution is 2.26. The molecule has 0 atom stereocenters. The first-order valence-electron chi connectivity index (χ1n) is 6.08. The third-order valence-electron chi connectivity index (χ3n) is 3.22. The molecule has 1 aromatic carbocycles. The van der Waals surface area contributed by atoms with Gasteiger partial charge in [0.1, 0.15) is 5.82 Å². The van der Waals surface area contributed by atoms with Gasteiger partial charge in [-0.25, -0.2) is 4.39 Å². The number of thiophene rings is 1. The van der Waals surface area contributed by atoms with Crippen LogP contribution in [0.15, 0.2) is 35.8 Å². The van der Waals surface area contributed by atoms with Gasteiger partial charge >= 0.3 is 0 Å². The van der Waals surface area contributed by atoms with Gasteiger partial charge in [0.25, 0.3) is 0 Å². The van der Waals surface area contributed by atoms with Crippen LogP contribution in [0.3, 0.4) is 0 Å². The summed E-state index contributed by atoms with van der Waals surface area (Å²) in [7, 11) is 0. The zero-order valence-electron chi connectivity index (χ0n) is 10.4. The molecule has 2 nitrogen and oxygen atoms in total. The minimum absolute atomic E-state index is 0.0382. The van der Waals surface area contributed by atoms with Gasteiger partial charge in [-0.1, -0.05) is 6.92 Å². The smallest absolute Gasteiger partial charge is 0.205 e. The summed E-state index contributed by atoms with van der Waals surface area (Å²) in [4.78, 5) is 16.3. The van der Waals surface area contributed by atoms with Gasteiger partial charge in [-0.05, 0) is 41.6 Å². The van der Waals surface area contributed by atoms with Gasteiger partial charge in [0, 0.05) is 22.7 Å². The first-order chi connectivity index (χ1) is 9.20. The summed E-state index contributed by atoms with van der Waals surface area (Å²) in [5.41, 5.74) is 2.35. The van der Waals surface area contributed by atoms with Gasteiger partial charge in [0.05, 0.1) is 4.88 Å². The van der Waals surface area contributed by atoms with E-state index in [-0.39, 0.29) is 11.6 Å². The first kappa shape index (κ1) is 12.1. The normalized spacial score (nSPS) is 11.1. The topological polar surface area (TPSA) is 32.9 Å². The molecule has 0 aliphatic heterocycles. The van der Waals surface area contributed by atoms with Crippen LogP contribution in [0, 0.1) is 5.82 Å². The van der Waals surface area contributed by atoms with Crippen LogP contribution < -0.4 is 0 Å². The van der Waals surface area contributed by atoms with E-state index in [9.17, 15) is 9.18 Å². The maximum Gasteiger partial charge on any atom is 0.205 e. The number of carbonyl (C=O) groups is 1. The SMILES string of the molecule is CCc1ccsc1C(=O)c1c[nH]c2ccc(F)cc12. The van der Waals surface area contributed by atoms with Crippen molar-refractivity contribution in [2.75, 3.05) is 0 Å². The molecule has 0 radical (unpaired) electrons. The van der Waals surface area contributed by atoms with Crippen molar-refractivity contribution in [3.8, 4) is 0 Å². The molecule has 0 spiro atoms. The quantitative estimate of drug-likeness (QED) is 0.714. The lowest BCUT2D eigenvalue weighted by Crippen LogP contribution is -2.00. The number of rotatable bonds is 3. The average molecular weight is 273 g/mol. The zero-order valence-corrected chi connectivity index (χ0v) is 11.2. The highest BCUT2D eigenvalue weighted by molar-refractivity contribution is 7.12. The van der Waals surface area contributed by atoms with Crippen LogP contribution in [-0.2, 0) is 6.42 Å². The lowest BCUT2D eigenvalue weighted by Gasteiger charge is -2.00. The highest BCUT2D eigenvalue weighted by Gasteiger charge is 2.18. The Labute approximate surface area is 113 Å². The van der Waals surface area contributed by atoms with Crippen molar-refractivity contribution >= 4 is 28.0 Å². The number of aromatic amines is 1. The maximum atomic E-state index is 13.3. The summed E-state index contributed by atoms with van der Waals surface area (Å²) in [6.45, 7) is 2.02. The third kappa shape index (κ3) is 1.98. The largest absolute Gasteiger partial charge is 0.360 e.